The summed E-state index contributed by atoms with van der Waals surface area (Å²) in [6.45, 7) is 2.08. The molecule has 0 radical (unpaired) electrons. The number of benzene rings is 1. The molecule has 1 heterocycles. The lowest BCUT2D eigenvalue weighted by molar-refractivity contribution is -0.385. The molecule has 1 atom stereocenters. The third-order valence-corrected chi connectivity index (χ3v) is 4.35. The summed E-state index contributed by atoms with van der Waals surface area (Å²) in [7, 11) is 1.38. The van der Waals surface area contributed by atoms with Crippen molar-refractivity contribution in [2.24, 2.45) is 5.92 Å². The number of hydrogen-bond acceptors (Lipinski definition) is 5. The zero-order valence-corrected chi connectivity index (χ0v) is 13.1. The molecule has 7 nitrogen and oxygen atoms in total. The summed E-state index contributed by atoms with van der Waals surface area (Å²) in [6.07, 6.45) is 2.95. The minimum atomic E-state index is -0.526. The predicted octanol–water partition coefficient (Wildman–Crippen LogP) is 2.24. The van der Waals surface area contributed by atoms with Gasteiger partial charge in [0.2, 0.25) is 0 Å². The SMILES string of the molecule is COc1ccc(C(=O)N(C[C@H]2CCOC2)C2CC2)cc1[N+](=O)[O-]. The number of hydrogen-bond donors (Lipinski definition) is 0. The largest absolute Gasteiger partial charge is 0.490 e. The van der Waals surface area contributed by atoms with Crippen molar-refractivity contribution in [3.8, 4) is 5.75 Å². The number of nitro groups is 1. The second-order valence-corrected chi connectivity index (χ2v) is 6.06. The molecule has 0 N–H and O–H groups in total. The molecule has 1 aromatic carbocycles. The molecule has 7 heteroatoms. The fourth-order valence-corrected chi connectivity index (χ4v) is 2.92. The Kier molecular flexibility index (Phi) is 4.47. The Hall–Kier alpha value is -2.15. The lowest BCUT2D eigenvalue weighted by atomic mass is 10.1. The Morgan fingerprint density at radius 3 is 2.78 bits per heavy atom. The van der Waals surface area contributed by atoms with Gasteiger partial charge in [0.05, 0.1) is 18.6 Å². The smallest absolute Gasteiger partial charge is 0.311 e. The van der Waals surface area contributed by atoms with Crippen LogP contribution in [0.25, 0.3) is 0 Å². The normalized spacial score (nSPS) is 20.3. The topological polar surface area (TPSA) is 81.9 Å². The molecule has 1 saturated heterocycles. The van der Waals surface area contributed by atoms with Gasteiger partial charge in [0.25, 0.3) is 5.91 Å². The van der Waals surface area contributed by atoms with Crippen molar-refractivity contribution < 1.29 is 19.2 Å². The molecule has 0 bridgehead atoms. The van der Waals surface area contributed by atoms with Crippen LogP contribution in [0.3, 0.4) is 0 Å². The first-order valence-electron chi connectivity index (χ1n) is 7.81. The summed E-state index contributed by atoms with van der Waals surface area (Å²) in [5, 5.41) is 11.1. The van der Waals surface area contributed by atoms with Gasteiger partial charge in [-0.1, -0.05) is 0 Å². The molecule has 0 spiro atoms. The molecule has 1 amide bonds. The van der Waals surface area contributed by atoms with E-state index in [0.717, 1.165) is 25.9 Å². The van der Waals surface area contributed by atoms with E-state index in [2.05, 4.69) is 0 Å². The molecule has 1 aliphatic heterocycles. The van der Waals surface area contributed by atoms with Crippen LogP contribution in [0.1, 0.15) is 29.6 Å². The number of nitro benzene ring substituents is 1. The zero-order chi connectivity index (χ0) is 16.4. The highest BCUT2D eigenvalue weighted by Crippen LogP contribution is 2.32. The van der Waals surface area contributed by atoms with E-state index in [4.69, 9.17) is 9.47 Å². The second kappa shape index (κ2) is 6.54. The van der Waals surface area contributed by atoms with Crippen LogP contribution < -0.4 is 4.74 Å². The van der Waals surface area contributed by atoms with E-state index in [1.165, 1.54) is 19.2 Å². The standard InChI is InChI=1S/C16H20N2O5/c1-22-15-5-2-12(8-14(15)18(20)21)16(19)17(13-3-4-13)9-11-6-7-23-10-11/h2,5,8,11,13H,3-4,6-7,9-10H2,1H3/t11-/m1/s1. The van der Waals surface area contributed by atoms with Crippen LogP contribution in [-0.2, 0) is 4.74 Å². The van der Waals surface area contributed by atoms with E-state index in [9.17, 15) is 14.9 Å². The maximum absolute atomic E-state index is 12.8. The van der Waals surface area contributed by atoms with Gasteiger partial charge in [0.15, 0.2) is 5.75 Å². The van der Waals surface area contributed by atoms with Crippen LogP contribution in [0.15, 0.2) is 18.2 Å². The molecule has 2 fully saturated rings. The zero-order valence-electron chi connectivity index (χ0n) is 13.1. The fourth-order valence-electron chi connectivity index (χ4n) is 2.92. The average Bonchev–Trinajstić information content (AvgIpc) is 3.27. The Labute approximate surface area is 134 Å². The van der Waals surface area contributed by atoms with Crippen molar-refractivity contribution in [3.05, 3.63) is 33.9 Å². The van der Waals surface area contributed by atoms with E-state index in [1.807, 2.05) is 4.90 Å². The molecule has 1 aliphatic carbocycles. The lowest BCUT2D eigenvalue weighted by Crippen LogP contribution is -2.37. The van der Waals surface area contributed by atoms with Crippen LogP contribution in [0.2, 0.25) is 0 Å². The molecule has 23 heavy (non-hydrogen) atoms. The molecule has 1 saturated carbocycles. The molecule has 1 aromatic rings. The molecule has 2 aliphatic rings. The van der Waals surface area contributed by atoms with Gasteiger partial charge in [-0.25, -0.2) is 0 Å². The summed E-state index contributed by atoms with van der Waals surface area (Å²) in [5.41, 5.74) is 0.154. The first-order chi connectivity index (χ1) is 11.1. The van der Waals surface area contributed by atoms with Crippen LogP contribution >= 0.6 is 0 Å². The van der Waals surface area contributed by atoms with E-state index < -0.39 is 4.92 Å². The lowest BCUT2D eigenvalue weighted by Gasteiger charge is -2.25. The van der Waals surface area contributed by atoms with Gasteiger partial charge in [-0.3, -0.25) is 14.9 Å². The van der Waals surface area contributed by atoms with Gasteiger partial charge in [-0.05, 0) is 31.4 Å². The van der Waals surface area contributed by atoms with Gasteiger partial charge >= 0.3 is 5.69 Å². The fraction of sp³-hybridized carbons (Fsp3) is 0.562. The minimum Gasteiger partial charge on any atom is -0.490 e. The summed E-state index contributed by atoms with van der Waals surface area (Å²) in [4.78, 5) is 25.3. The van der Waals surface area contributed by atoms with Gasteiger partial charge in [0, 0.05) is 36.7 Å². The maximum atomic E-state index is 12.8. The highest BCUT2D eigenvalue weighted by Gasteiger charge is 2.35. The highest BCUT2D eigenvalue weighted by molar-refractivity contribution is 5.95. The molecular formula is C16H20N2O5. The predicted molar refractivity (Wildman–Crippen MR) is 82.6 cm³/mol. The van der Waals surface area contributed by atoms with Crippen LogP contribution in [-0.4, -0.2) is 48.6 Å². The monoisotopic (exact) mass is 320 g/mol. The Bertz CT molecular complexity index is 608. The molecule has 3 rings (SSSR count). The van der Waals surface area contributed by atoms with Gasteiger partial charge < -0.3 is 14.4 Å². The molecular weight excluding hydrogens is 300 g/mol. The third kappa shape index (κ3) is 3.44. The number of amides is 1. The van der Waals surface area contributed by atoms with E-state index in [-0.39, 0.29) is 23.4 Å². The van der Waals surface area contributed by atoms with Crippen molar-refractivity contribution in [2.75, 3.05) is 26.9 Å². The maximum Gasteiger partial charge on any atom is 0.311 e. The Morgan fingerprint density at radius 2 is 2.22 bits per heavy atom. The summed E-state index contributed by atoms with van der Waals surface area (Å²) >= 11 is 0. The van der Waals surface area contributed by atoms with Gasteiger partial charge in [0.1, 0.15) is 0 Å². The van der Waals surface area contributed by atoms with Crippen LogP contribution in [0.4, 0.5) is 5.69 Å². The third-order valence-electron chi connectivity index (χ3n) is 4.35. The van der Waals surface area contributed by atoms with Crippen LogP contribution in [0, 0.1) is 16.0 Å². The Morgan fingerprint density at radius 1 is 1.43 bits per heavy atom. The quantitative estimate of drug-likeness (QED) is 0.593. The summed E-state index contributed by atoms with van der Waals surface area (Å²) in [5.74, 6) is 0.367. The van der Waals surface area contributed by atoms with Gasteiger partial charge in [-0.15, -0.1) is 0 Å². The van der Waals surface area contributed by atoms with Gasteiger partial charge in [-0.2, -0.15) is 0 Å². The molecule has 124 valence electrons. The van der Waals surface area contributed by atoms with Crippen molar-refractivity contribution in [3.63, 3.8) is 0 Å². The van der Waals surface area contributed by atoms with Crippen molar-refractivity contribution in [1.82, 2.24) is 4.90 Å². The summed E-state index contributed by atoms with van der Waals surface area (Å²) in [6, 6.07) is 4.63. The molecule has 0 unspecified atom stereocenters. The number of carbonyl (C=O) groups excluding carboxylic acids is 1. The molecule has 0 aromatic heterocycles. The second-order valence-electron chi connectivity index (χ2n) is 6.06. The van der Waals surface area contributed by atoms with Crippen molar-refractivity contribution >= 4 is 11.6 Å². The first-order valence-corrected chi connectivity index (χ1v) is 7.81. The van der Waals surface area contributed by atoms with Crippen LogP contribution in [0.5, 0.6) is 5.75 Å². The summed E-state index contributed by atoms with van der Waals surface area (Å²) < 4.78 is 10.4. The number of carbonyl (C=O) groups is 1. The number of ether oxygens (including phenoxy) is 2. The van der Waals surface area contributed by atoms with E-state index in [1.54, 1.807) is 6.07 Å². The highest BCUT2D eigenvalue weighted by atomic mass is 16.6. The number of nitrogens with zero attached hydrogens (tertiary/aromatic N) is 2. The van der Waals surface area contributed by atoms with E-state index >= 15 is 0 Å². The Balaban J connectivity index is 1.81. The average molecular weight is 320 g/mol. The number of methoxy groups -OCH3 is 1. The number of rotatable bonds is 6. The first kappa shape index (κ1) is 15.7. The minimum absolute atomic E-state index is 0.148. The van der Waals surface area contributed by atoms with Crippen molar-refractivity contribution in [1.29, 1.82) is 0 Å². The van der Waals surface area contributed by atoms with E-state index in [0.29, 0.717) is 24.6 Å². The van der Waals surface area contributed by atoms with Crippen molar-refractivity contribution in [2.45, 2.75) is 25.3 Å².